The molecule has 0 radical (unpaired) electrons. The van der Waals surface area contributed by atoms with Crippen molar-refractivity contribution in [2.45, 2.75) is 25.0 Å². The molecule has 0 saturated heterocycles. The Balaban J connectivity index is 3.58. The maximum Gasteiger partial charge on any atom is 0.204 e. The highest BCUT2D eigenvalue weighted by atomic mass is 79.9. The number of hydrogen-bond acceptors (Lipinski definition) is 3. The van der Waals surface area contributed by atoms with Crippen LogP contribution in [0.5, 0.6) is 17.2 Å². The summed E-state index contributed by atoms with van der Waals surface area (Å²) in [6, 6.07) is 1.93. The fraction of sp³-hybridized carbons (Fsp3) is 0.467. The molecular weight excluding hydrogens is 336 g/mol. The van der Waals surface area contributed by atoms with E-state index in [2.05, 4.69) is 47.0 Å². The minimum atomic E-state index is -1.46. The Kier molecular flexibility index (Phi) is 5.97. The van der Waals surface area contributed by atoms with Crippen LogP contribution in [-0.4, -0.2) is 29.4 Å². The quantitative estimate of drug-likeness (QED) is 0.466. The summed E-state index contributed by atoms with van der Waals surface area (Å²) in [5.74, 6) is 5.14. The normalized spacial score (nSPS) is 10.6. The summed E-state index contributed by atoms with van der Waals surface area (Å²) in [5, 5.41) is 0.680. The Morgan fingerprint density at radius 2 is 1.65 bits per heavy atom. The predicted molar refractivity (Wildman–Crippen MR) is 89.0 cm³/mol. The van der Waals surface area contributed by atoms with E-state index in [1.807, 2.05) is 6.07 Å². The molecule has 0 heterocycles. The lowest BCUT2D eigenvalue weighted by atomic mass is 10.1. The molecule has 0 aliphatic heterocycles. The van der Waals surface area contributed by atoms with Gasteiger partial charge in [0, 0.05) is 5.33 Å². The van der Waals surface area contributed by atoms with Crippen molar-refractivity contribution in [1.82, 2.24) is 0 Å². The van der Waals surface area contributed by atoms with Crippen molar-refractivity contribution in [3.05, 3.63) is 17.2 Å². The first-order valence-electron chi connectivity index (χ1n) is 6.29. The number of hydrogen-bond donors (Lipinski definition) is 0. The highest BCUT2D eigenvalue weighted by molar-refractivity contribution is 9.08. The summed E-state index contributed by atoms with van der Waals surface area (Å²) in [4.78, 5) is 0. The second-order valence-corrected chi connectivity index (χ2v) is 10.6. The minimum absolute atomic E-state index is 0.583. The topological polar surface area (TPSA) is 27.7 Å². The van der Waals surface area contributed by atoms with E-state index in [4.69, 9.17) is 14.2 Å². The van der Waals surface area contributed by atoms with Gasteiger partial charge in [0.15, 0.2) is 11.5 Å². The van der Waals surface area contributed by atoms with Crippen molar-refractivity contribution < 1.29 is 14.2 Å². The molecule has 0 aromatic heterocycles. The van der Waals surface area contributed by atoms with Crippen molar-refractivity contribution >= 4 is 24.0 Å². The van der Waals surface area contributed by atoms with E-state index in [9.17, 15) is 0 Å². The Morgan fingerprint density at radius 3 is 2.05 bits per heavy atom. The van der Waals surface area contributed by atoms with Crippen LogP contribution in [0.1, 0.15) is 11.1 Å². The monoisotopic (exact) mass is 356 g/mol. The van der Waals surface area contributed by atoms with Crippen molar-refractivity contribution in [2.75, 3.05) is 21.3 Å². The van der Waals surface area contributed by atoms with Crippen LogP contribution in [0.3, 0.4) is 0 Å². The van der Waals surface area contributed by atoms with Gasteiger partial charge in [0.25, 0.3) is 0 Å². The van der Waals surface area contributed by atoms with Gasteiger partial charge in [-0.3, -0.25) is 0 Å². The van der Waals surface area contributed by atoms with Crippen LogP contribution in [-0.2, 0) is 5.33 Å². The summed E-state index contributed by atoms with van der Waals surface area (Å²) in [5.41, 5.74) is 5.27. The first-order valence-corrected chi connectivity index (χ1v) is 10.9. The summed E-state index contributed by atoms with van der Waals surface area (Å²) >= 11 is 3.49. The summed E-state index contributed by atoms with van der Waals surface area (Å²) in [6.45, 7) is 6.63. The van der Waals surface area contributed by atoms with E-state index in [0.717, 1.165) is 11.1 Å². The van der Waals surface area contributed by atoms with Gasteiger partial charge in [0.05, 0.1) is 26.9 Å². The zero-order valence-electron chi connectivity index (χ0n) is 12.9. The average Bonchev–Trinajstić information content (AvgIpc) is 2.41. The Bertz CT molecular complexity index is 539. The smallest absolute Gasteiger partial charge is 0.204 e. The number of rotatable bonds is 4. The molecule has 1 rings (SSSR count). The lowest BCUT2D eigenvalue weighted by molar-refractivity contribution is 0.323. The Morgan fingerprint density at radius 1 is 1.05 bits per heavy atom. The van der Waals surface area contributed by atoms with Gasteiger partial charge in [-0.25, -0.2) is 0 Å². The van der Waals surface area contributed by atoms with Crippen LogP contribution in [0.4, 0.5) is 0 Å². The SMILES string of the molecule is COc1cc(CBr)c(C#C[Si](C)(C)C)c(OC)c1OC. The van der Waals surface area contributed by atoms with Gasteiger partial charge in [0.1, 0.15) is 8.07 Å². The van der Waals surface area contributed by atoms with Crippen molar-refractivity contribution in [3.8, 4) is 28.7 Å². The number of ether oxygens (including phenoxy) is 3. The minimum Gasteiger partial charge on any atom is -0.493 e. The van der Waals surface area contributed by atoms with Gasteiger partial charge in [-0.15, -0.1) is 5.54 Å². The number of halogens is 1. The highest BCUT2D eigenvalue weighted by Crippen LogP contribution is 2.42. The second kappa shape index (κ2) is 7.05. The van der Waals surface area contributed by atoms with Gasteiger partial charge in [-0.2, -0.15) is 0 Å². The van der Waals surface area contributed by atoms with Crippen LogP contribution in [0.25, 0.3) is 0 Å². The van der Waals surface area contributed by atoms with Crippen LogP contribution in [0.15, 0.2) is 6.07 Å². The largest absolute Gasteiger partial charge is 0.493 e. The Hall–Kier alpha value is -1.12. The molecule has 0 aliphatic rings. The van der Waals surface area contributed by atoms with Gasteiger partial charge >= 0.3 is 0 Å². The summed E-state index contributed by atoms with van der Waals surface area (Å²) in [7, 11) is 3.37. The molecule has 3 nitrogen and oxygen atoms in total. The van der Waals surface area contributed by atoms with Crippen LogP contribution in [0, 0.1) is 11.5 Å². The molecule has 0 amide bonds. The number of alkyl halides is 1. The molecule has 0 atom stereocenters. The molecule has 1 aromatic carbocycles. The molecule has 20 heavy (non-hydrogen) atoms. The van der Waals surface area contributed by atoms with Crippen LogP contribution < -0.4 is 14.2 Å². The van der Waals surface area contributed by atoms with E-state index in [1.54, 1.807) is 21.3 Å². The summed E-state index contributed by atoms with van der Waals surface area (Å²) in [6.07, 6.45) is 0. The number of methoxy groups -OCH3 is 3. The van der Waals surface area contributed by atoms with Gasteiger partial charge in [0.2, 0.25) is 5.75 Å². The standard InChI is InChI=1S/C15H21BrO3Si/c1-17-13-9-11(10-16)12(7-8-20(4,5)6)14(18-2)15(13)19-3/h9H,10H2,1-6H3. The third-order valence-corrected chi connectivity index (χ3v) is 4.10. The van der Waals surface area contributed by atoms with Gasteiger partial charge in [-0.05, 0) is 11.6 Å². The lowest BCUT2D eigenvalue weighted by Gasteiger charge is -2.16. The van der Waals surface area contributed by atoms with Crippen molar-refractivity contribution in [3.63, 3.8) is 0 Å². The van der Waals surface area contributed by atoms with Gasteiger partial charge in [-0.1, -0.05) is 41.5 Å². The predicted octanol–water partition coefficient (Wildman–Crippen LogP) is 3.84. The molecule has 5 heteroatoms. The zero-order valence-corrected chi connectivity index (χ0v) is 15.5. The zero-order chi connectivity index (χ0) is 15.3. The maximum absolute atomic E-state index is 5.50. The Labute approximate surface area is 130 Å². The van der Waals surface area contributed by atoms with Crippen molar-refractivity contribution in [1.29, 1.82) is 0 Å². The molecular formula is C15H21BrO3Si. The van der Waals surface area contributed by atoms with E-state index in [-0.39, 0.29) is 0 Å². The van der Waals surface area contributed by atoms with E-state index in [0.29, 0.717) is 22.6 Å². The molecule has 0 saturated carbocycles. The van der Waals surface area contributed by atoms with Crippen LogP contribution >= 0.6 is 15.9 Å². The highest BCUT2D eigenvalue weighted by Gasteiger charge is 2.19. The average molecular weight is 357 g/mol. The van der Waals surface area contributed by atoms with Crippen molar-refractivity contribution in [2.24, 2.45) is 0 Å². The summed E-state index contributed by atoms with van der Waals surface area (Å²) < 4.78 is 16.3. The molecule has 0 aliphatic carbocycles. The molecule has 0 fully saturated rings. The van der Waals surface area contributed by atoms with Crippen LogP contribution in [0.2, 0.25) is 19.6 Å². The maximum atomic E-state index is 5.50. The molecule has 1 aromatic rings. The van der Waals surface area contributed by atoms with Gasteiger partial charge < -0.3 is 14.2 Å². The fourth-order valence-electron chi connectivity index (χ4n) is 1.70. The fourth-order valence-corrected chi connectivity index (χ4v) is 2.64. The molecule has 110 valence electrons. The molecule has 0 spiro atoms. The second-order valence-electron chi connectivity index (χ2n) is 5.31. The van der Waals surface area contributed by atoms with E-state index >= 15 is 0 Å². The van der Waals surface area contributed by atoms with E-state index < -0.39 is 8.07 Å². The lowest BCUT2D eigenvalue weighted by Crippen LogP contribution is -2.16. The number of benzene rings is 1. The first kappa shape index (κ1) is 16.9. The third-order valence-electron chi connectivity index (χ3n) is 2.62. The third kappa shape index (κ3) is 3.94. The molecule has 0 bridgehead atoms. The molecule has 0 unspecified atom stereocenters. The first-order chi connectivity index (χ1) is 9.37. The van der Waals surface area contributed by atoms with E-state index in [1.165, 1.54) is 0 Å². The molecule has 0 N–H and O–H groups in total.